The van der Waals surface area contributed by atoms with Crippen LogP contribution in [-0.2, 0) is 4.79 Å². The highest BCUT2D eigenvalue weighted by Gasteiger charge is 2.20. The molecule has 0 radical (unpaired) electrons. The van der Waals surface area contributed by atoms with Gasteiger partial charge < -0.3 is 9.84 Å². The molecular formula is C21H15F2N3O3. The molecule has 0 saturated heterocycles. The van der Waals surface area contributed by atoms with E-state index in [4.69, 9.17) is 4.74 Å². The van der Waals surface area contributed by atoms with E-state index in [1.807, 2.05) is 0 Å². The maximum Gasteiger partial charge on any atom is 0.308 e. The van der Waals surface area contributed by atoms with Gasteiger partial charge in [-0.2, -0.15) is 9.61 Å². The Hall–Kier alpha value is -3.81. The molecule has 0 aliphatic heterocycles. The van der Waals surface area contributed by atoms with E-state index in [9.17, 15) is 18.7 Å². The molecule has 2 aromatic carbocycles. The van der Waals surface area contributed by atoms with Crippen molar-refractivity contribution in [2.45, 2.75) is 13.8 Å². The minimum atomic E-state index is -0.750. The maximum atomic E-state index is 14.4. The summed E-state index contributed by atoms with van der Waals surface area (Å²) in [7, 11) is 0. The van der Waals surface area contributed by atoms with Gasteiger partial charge in [0.15, 0.2) is 5.65 Å². The van der Waals surface area contributed by atoms with Crippen molar-refractivity contribution < 1.29 is 23.4 Å². The molecule has 0 amide bonds. The van der Waals surface area contributed by atoms with E-state index in [1.54, 1.807) is 31.2 Å². The van der Waals surface area contributed by atoms with Gasteiger partial charge in [-0.05, 0) is 43.3 Å². The second-order valence-corrected chi connectivity index (χ2v) is 6.44. The van der Waals surface area contributed by atoms with E-state index in [-0.39, 0.29) is 17.1 Å². The van der Waals surface area contributed by atoms with Gasteiger partial charge in [-0.25, -0.2) is 13.8 Å². The number of rotatable bonds is 3. The summed E-state index contributed by atoms with van der Waals surface area (Å²) in [6.45, 7) is 2.96. The van der Waals surface area contributed by atoms with Gasteiger partial charge >= 0.3 is 5.97 Å². The lowest BCUT2D eigenvalue weighted by Crippen LogP contribution is -2.01. The first-order valence-electron chi connectivity index (χ1n) is 8.67. The molecule has 6 nitrogen and oxygen atoms in total. The summed E-state index contributed by atoms with van der Waals surface area (Å²) in [5, 5.41) is 14.6. The van der Waals surface area contributed by atoms with Crippen LogP contribution in [0, 0.1) is 18.6 Å². The Morgan fingerprint density at radius 2 is 1.83 bits per heavy atom. The van der Waals surface area contributed by atoms with Crippen LogP contribution in [0.5, 0.6) is 11.6 Å². The van der Waals surface area contributed by atoms with Crippen molar-refractivity contribution in [2.75, 3.05) is 0 Å². The summed E-state index contributed by atoms with van der Waals surface area (Å²) >= 11 is 0. The predicted octanol–water partition coefficient (Wildman–Crippen LogP) is 4.28. The number of fused-ring (bicyclic) bond motifs is 1. The second-order valence-electron chi connectivity index (χ2n) is 6.44. The van der Waals surface area contributed by atoms with Crippen molar-refractivity contribution in [3.8, 4) is 34.0 Å². The molecule has 4 aromatic rings. The maximum absolute atomic E-state index is 14.4. The van der Waals surface area contributed by atoms with Crippen molar-refractivity contribution in [3.05, 3.63) is 65.9 Å². The molecular weight excluding hydrogens is 380 g/mol. The highest BCUT2D eigenvalue weighted by Crippen LogP contribution is 2.33. The van der Waals surface area contributed by atoms with Crippen LogP contribution >= 0.6 is 0 Å². The molecule has 0 aliphatic carbocycles. The van der Waals surface area contributed by atoms with Crippen LogP contribution in [0.25, 0.3) is 28.0 Å². The van der Waals surface area contributed by atoms with Gasteiger partial charge in [0.1, 0.15) is 17.4 Å². The van der Waals surface area contributed by atoms with Crippen LogP contribution in [0.1, 0.15) is 12.6 Å². The number of carbonyl (C=O) groups is 1. The SMILES string of the molecule is CC(=O)Oc1ccc(-c2cc(O)n3nc(C)c(-c4ccc(F)cc4F)c3n2)cc1. The highest BCUT2D eigenvalue weighted by atomic mass is 19.1. The number of hydrogen-bond donors (Lipinski definition) is 1. The second kappa shape index (κ2) is 6.97. The number of esters is 1. The zero-order valence-corrected chi connectivity index (χ0v) is 15.5. The lowest BCUT2D eigenvalue weighted by atomic mass is 10.1. The van der Waals surface area contributed by atoms with Gasteiger partial charge in [-0.15, -0.1) is 0 Å². The van der Waals surface area contributed by atoms with Crippen LogP contribution < -0.4 is 4.74 Å². The topological polar surface area (TPSA) is 76.7 Å². The molecule has 8 heteroatoms. The number of ether oxygens (including phenoxy) is 1. The number of halogens is 2. The molecule has 0 bridgehead atoms. The Bertz CT molecular complexity index is 1250. The van der Waals surface area contributed by atoms with E-state index >= 15 is 0 Å². The third kappa shape index (κ3) is 3.40. The van der Waals surface area contributed by atoms with E-state index in [1.165, 1.54) is 23.6 Å². The molecule has 2 heterocycles. The predicted molar refractivity (Wildman–Crippen MR) is 101 cm³/mol. The number of nitrogens with zero attached hydrogens (tertiary/aromatic N) is 3. The van der Waals surface area contributed by atoms with E-state index in [0.29, 0.717) is 28.3 Å². The number of aromatic nitrogens is 3. The number of aryl methyl sites for hydroxylation is 1. The number of carbonyl (C=O) groups excluding carboxylic acids is 1. The van der Waals surface area contributed by atoms with Crippen LogP contribution in [0.15, 0.2) is 48.5 Å². The molecule has 0 saturated carbocycles. The fourth-order valence-corrected chi connectivity index (χ4v) is 3.12. The third-order valence-corrected chi connectivity index (χ3v) is 4.36. The zero-order valence-electron chi connectivity index (χ0n) is 15.5. The zero-order chi connectivity index (χ0) is 20.7. The van der Waals surface area contributed by atoms with Gasteiger partial charge in [-0.1, -0.05) is 0 Å². The smallest absolute Gasteiger partial charge is 0.308 e. The number of aromatic hydroxyl groups is 1. The Balaban J connectivity index is 1.87. The Morgan fingerprint density at radius 1 is 1.10 bits per heavy atom. The molecule has 0 fully saturated rings. The molecule has 4 rings (SSSR count). The molecule has 1 N–H and O–H groups in total. The van der Waals surface area contributed by atoms with E-state index in [0.717, 1.165) is 12.1 Å². The summed E-state index contributed by atoms with van der Waals surface area (Å²) in [5.41, 5.74) is 2.20. The fourth-order valence-electron chi connectivity index (χ4n) is 3.12. The Labute approximate surface area is 164 Å². The summed E-state index contributed by atoms with van der Waals surface area (Å²) in [6.07, 6.45) is 0. The monoisotopic (exact) mass is 395 g/mol. The molecule has 0 unspecified atom stereocenters. The first-order valence-corrected chi connectivity index (χ1v) is 8.67. The van der Waals surface area contributed by atoms with Crippen LogP contribution in [0.3, 0.4) is 0 Å². The van der Waals surface area contributed by atoms with Crippen LogP contribution in [0.4, 0.5) is 8.78 Å². The summed E-state index contributed by atoms with van der Waals surface area (Å²) in [4.78, 5) is 15.6. The Kier molecular flexibility index (Phi) is 4.46. The van der Waals surface area contributed by atoms with Crippen molar-refractivity contribution in [3.63, 3.8) is 0 Å². The number of hydrogen-bond acceptors (Lipinski definition) is 5. The van der Waals surface area contributed by atoms with E-state index in [2.05, 4.69) is 10.1 Å². The lowest BCUT2D eigenvalue weighted by Gasteiger charge is -2.07. The first-order chi connectivity index (χ1) is 13.8. The third-order valence-electron chi connectivity index (χ3n) is 4.36. The first kappa shape index (κ1) is 18.5. The molecule has 0 atom stereocenters. The largest absolute Gasteiger partial charge is 0.493 e. The average Bonchev–Trinajstić information content (AvgIpc) is 2.99. The van der Waals surface area contributed by atoms with Gasteiger partial charge in [0.2, 0.25) is 5.88 Å². The molecule has 29 heavy (non-hydrogen) atoms. The molecule has 0 spiro atoms. The van der Waals surface area contributed by atoms with Gasteiger partial charge in [0.05, 0.1) is 17.0 Å². The normalized spacial score (nSPS) is 11.0. The Morgan fingerprint density at radius 3 is 2.48 bits per heavy atom. The summed E-state index contributed by atoms with van der Waals surface area (Å²) < 4.78 is 33.9. The summed E-state index contributed by atoms with van der Waals surface area (Å²) in [5.74, 6) is -1.69. The minimum Gasteiger partial charge on any atom is -0.493 e. The summed E-state index contributed by atoms with van der Waals surface area (Å²) in [6, 6.07) is 11.2. The van der Waals surface area contributed by atoms with Crippen LogP contribution in [-0.4, -0.2) is 25.7 Å². The number of benzene rings is 2. The van der Waals surface area contributed by atoms with Gasteiger partial charge in [0.25, 0.3) is 0 Å². The molecule has 0 aliphatic rings. The van der Waals surface area contributed by atoms with Crippen molar-refractivity contribution >= 4 is 11.6 Å². The van der Waals surface area contributed by atoms with Gasteiger partial charge in [-0.3, -0.25) is 4.79 Å². The highest BCUT2D eigenvalue weighted by molar-refractivity contribution is 5.82. The van der Waals surface area contributed by atoms with Crippen molar-refractivity contribution in [1.82, 2.24) is 14.6 Å². The fraction of sp³-hybridized carbons (Fsp3) is 0.0952. The quantitative estimate of drug-likeness (QED) is 0.414. The van der Waals surface area contributed by atoms with Gasteiger partial charge in [0, 0.05) is 30.2 Å². The average molecular weight is 395 g/mol. The van der Waals surface area contributed by atoms with Crippen molar-refractivity contribution in [2.24, 2.45) is 0 Å². The standard InChI is InChI=1S/C21H15F2N3O3/c1-11-20(16-8-5-14(22)9-17(16)23)21-24-18(10-19(28)26(21)25-11)13-3-6-15(7-4-13)29-12(2)27/h3-10,28H,1-2H3. The molecule has 2 aromatic heterocycles. The lowest BCUT2D eigenvalue weighted by molar-refractivity contribution is -0.131. The van der Waals surface area contributed by atoms with Crippen molar-refractivity contribution in [1.29, 1.82) is 0 Å². The molecule has 146 valence electrons. The van der Waals surface area contributed by atoms with Crippen LogP contribution in [0.2, 0.25) is 0 Å². The minimum absolute atomic E-state index is 0.133. The van der Waals surface area contributed by atoms with E-state index < -0.39 is 17.6 Å².